The molecule has 1 unspecified atom stereocenters. The normalized spacial score (nSPS) is 11.8. The van der Waals surface area contributed by atoms with Crippen LogP contribution in [0.3, 0.4) is 0 Å². The highest BCUT2D eigenvalue weighted by atomic mass is 32.1. The monoisotopic (exact) mass is 318 g/mol. The van der Waals surface area contributed by atoms with Crippen molar-refractivity contribution in [3.63, 3.8) is 0 Å². The highest BCUT2D eigenvalue weighted by Gasteiger charge is 2.13. The summed E-state index contributed by atoms with van der Waals surface area (Å²) in [7, 11) is 1.63. The number of hydrogen-bond acceptors (Lipinski definition) is 3. The Labute approximate surface area is 135 Å². The SMILES string of the molecule is COc1cccc(CNC(=O)NC(C)c2cc(C)sc2C)c1. The first-order chi connectivity index (χ1) is 10.5. The fourth-order valence-corrected chi connectivity index (χ4v) is 3.39. The third kappa shape index (κ3) is 4.24. The van der Waals surface area contributed by atoms with Crippen LogP contribution in [0.25, 0.3) is 0 Å². The molecule has 0 aliphatic carbocycles. The fraction of sp³-hybridized carbons (Fsp3) is 0.353. The number of carbonyl (C=O) groups excluding carboxylic acids is 1. The third-order valence-corrected chi connectivity index (χ3v) is 4.46. The Balaban J connectivity index is 1.88. The second kappa shape index (κ2) is 7.31. The van der Waals surface area contributed by atoms with E-state index in [-0.39, 0.29) is 12.1 Å². The molecule has 0 radical (unpaired) electrons. The van der Waals surface area contributed by atoms with Crippen LogP contribution in [0.4, 0.5) is 4.79 Å². The van der Waals surface area contributed by atoms with E-state index in [1.165, 1.54) is 15.3 Å². The predicted molar refractivity (Wildman–Crippen MR) is 90.6 cm³/mol. The summed E-state index contributed by atoms with van der Waals surface area (Å²) in [5, 5.41) is 5.85. The molecule has 0 aliphatic rings. The van der Waals surface area contributed by atoms with Crippen molar-refractivity contribution >= 4 is 17.4 Å². The van der Waals surface area contributed by atoms with Crippen LogP contribution in [0.1, 0.15) is 33.8 Å². The van der Waals surface area contributed by atoms with Crippen LogP contribution in [0.15, 0.2) is 30.3 Å². The lowest BCUT2D eigenvalue weighted by Gasteiger charge is -2.15. The van der Waals surface area contributed by atoms with Gasteiger partial charge in [0.05, 0.1) is 13.2 Å². The minimum Gasteiger partial charge on any atom is -0.497 e. The topological polar surface area (TPSA) is 50.4 Å². The van der Waals surface area contributed by atoms with E-state index in [9.17, 15) is 4.79 Å². The average molecular weight is 318 g/mol. The summed E-state index contributed by atoms with van der Waals surface area (Å²) in [5.41, 5.74) is 2.18. The number of hydrogen-bond donors (Lipinski definition) is 2. The lowest BCUT2D eigenvalue weighted by Crippen LogP contribution is -2.36. The molecule has 0 bridgehead atoms. The molecule has 0 saturated heterocycles. The number of aryl methyl sites for hydroxylation is 2. The quantitative estimate of drug-likeness (QED) is 0.877. The van der Waals surface area contributed by atoms with Crippen molar-refractivity contribution in [1.82, 2.24) is 10.6 Å². The van der Waals surface area contributed by atoms with E-state index in [0.717, 1.165) is 11.3 Å². The molecule has 1 atom stereocenters. The molecule has 118 valence electrons. The largest absolute Gasteiger partial charge is 0.497 e. The van der Waals surface area contributed by atoms with Gasteiger partial charge in [0.25, 0.3) is 0 Å². The van der Waals surface area contributed by atoms with Gasteiger partial charge in [0.1, 0.15) is 5.75 Å². The van der Waals surface area contributed by atoms with Gasteiger partial charge in [-0.2, -0.15) is 0 Å². The Morgan fingerprint density at radius 3 is 2.73 bits per heavy atom. The standard InChI is InChI=1S/C17H22N2O2S/c1-11-8-16(13(3)22-11)12(2)19-17(20)18-10-14-6-5-7-15(9-14)21-4/h5-9,12H,10H2,1-4H3,(H2,18,19,20). The van der Waals surface area contributed by atoms with Gasteiger partial charge in [0.15, 0.2) is 0 Å². The number of urea groups is 1. The van der Waals surface area contributed by atoms with Crippen molar-refractivity contribution in [3.05, 3.63) is 51.2 Å². The summed E-state index contributed by atoms with van der Waals surface area (Å²) < 4.78 is 5.17. The zero-order valence-electron chi connectivity index (χ0n) is 13.4. The van der Waals surface area contributed by atoms with Crippen molar-refractivity contribution in [2.24, 2.45) is 0 Å². The number of amides is 2. The van der Waals surface area contributed by atoms with Gasteiger partial charge in [-0.25, -0.2) is 4.79 Å². The van der Waals surface area contributed by atoms with Crippen molar-refractivity contribution in [3.8, 4) is 5.75 Å². The first kappa shape index (κ1) is 16.4. The molecular weight excluding hydrogens is 296 g/mol. The van der Waals surface area contributed by atoms with Crippen molar-refractivity contribution in [1.29, 1.82) is 0 Å². The fourth-order valence-electron chi connectivity index (χ4n) is 2.37. The second-order valence-corrected chi connectivity index (χ2v) is 6.73. The Hall–Kier alpha value is -2.01. The van der Waals surface area contributed by atoms with Gasteiger partial charge in [-0.1, -0.05) is 12.1 Å². The maximum atomic E-state index is 12.0. The van der Waals surface area contributed by atoms with E-state index < -0.39 is 0 Å². The van der Waals surface area contributed by atoms with E-state index in [1.54, 1.807) is 18.4 Å². The Kier molecular flexibility index (Phi) is 5.44. The molecule has 0 spiro atoms. The van der Waals surface area contributed by atoms with E-state index >= 15 is 0 Å². The molecule has 0 saturated carbocycles. The summed E-state index contributed by atoms with van der Waals surface area (Å²) in [6.07, 6.45) is 0. The summed E-state index contributed by atoms with van der Waals surface area (Å²) in [6.45, 7) is 6.63. The molecule has 2 aromatic rings. The van der Waals surface area contributed by atoms with Crippen LogP contribution in [0.5, 0.6) is 5.75 Å². The average Bonchev–Trinajstić information content (AvgIpc) is 2.84. The number of thiophene rings is 1. The van der Waals surface area contributed by atoms with Gasteiger partial charge in [-0.05, 0) is 50.1 Å². The van der Waals surface area contributed by atoms with E-state index in [2.05, 4.69) is 30.5 Å². The Morgan fingerprint density at radius 2 is 2.09 bits per heavy atom. The number of benzene rings is 1. The number of nitrogens with one attached hydrogen (secondary N) is 2. The van der Waals surface area contributed by atoms with Crippen LogP contribution in [0, 0.1) is 13.8 Å². The van der Waals surface area contributed by atoms with Crippen LogP contribution in [0.2, 0.25) is 0 Å². The predicted octanol–water partition coefficient (Wildman–Crippen LogP) is 3.93. The smallest absolute Gasteiger partial charge is 0.315 e. The lowest BCUT2D eigenvalue weighted by molar-refractivity contribution is 0.237. The molecule has 1 aromatic heterocycles. The van der Waals surface area contributed by atoms with Crippen molar-refractivity contribution in [2.45, 2.75) is 33.4 Å². The molecular formula is C17H22N2O2S. The summed E-state index contributed by atoms with van der Waals surface area (Å²) in [4.78, 5) is 14.5. The molecule has 5 heteroatoms. The summed E-state index contributed by atoms with van der Waals surface area (Å²) in [6, 6.07) is 9.62. The second-order valence-electron chi connectivity index (χ2n) is 5.27. The van der Waals surface area contributed by atoms with Gasteiger partial charge < -0.3 is 15.4 Å². The zero-order chi connectivity index (χ0) is 16.1. The number of methoxy groups -OCH3 is 1. The van der Waals surface area contributed by atoms with Gasteiger partial charge in [0.2, 0.25) is 0 Å². The van der Waals surface area contributed by atoms with E-state index in [0.29, 0.717) is 6.54 Å². The van der Waals surface area contributed by atoms with Crippen LogP contribution in [-0.4, -0.2) is 13.1 Å². The van der Waals surface area contributed by atoms with E-state index in [4.69, 9.17) is 4.74 Å². The molecule has 2 rings (SSSR count). The minimum absolute atomic E-state index is 0.00439. The van der Waals surface area contributed by atoms with Crippen molar-refractivity contribution < 1.29 is 9.53 Å². The summed E-state index contributed by atoms with van der Waals surface area (Å²) in [5.74, 6) is 0.789. The highest BCUT2D eigenvalue weighted by Crippen LogP contribution is 2.25. The molecule has 22 heavy (non-hydrogen) atoms. The molecule has 2 N–H and O–H groups in total. The van der Waals surface area contributed by atoms with Crippen molar-refractivity contribution in [2.75, 3.05) is 7.11 Å². The maximum absolute atomic E-state index is 12.0. The van der Waals surface area contributed by atoms with Gasteiger partial charge in [-0.15, -0.1) is 11.3 Å². The highest BCUT2D eigenvalue weighted by molar-refractivity contribution is 7.12. The zero-order valence-corrected chi connectivity index (χ0v) is 14.2. The third-order valence-electron chi connectivity index (χ3n) is 3.48. The van der Waals surface area contributed by atoms with Gasteiger partial charge in [-0.3, -0.25) is 0 Å². The van der Waals surface area contributed by atoms with Crippen LogP contribution in [-0.2, 0) is 6.54 Å². The van der Waals surface area contributed by atoms with Gasteiger partial charge in [0, 0.05) is 16.3 Å². The first-order valence-corrected chi connectivity index (χ1v) is 8.05. The molecule has 1 heterocycles. The molecule has 4 nitrogen and oxygen atoms in total. The number of ether oxygens (including phenoxy) is 1. The number of rotatable bonds is 5. The first-order valence-electron chi connectivity index (χ1n) is 7.24. The van der Waals surface area contributed by atoms with Crippen LogP contribution < -0.4 is 15.4 Å². The van der Waals surface area contributed by atoms with Gasteiger partial charge >= 0.3 is 6.03 Å². The Bertz CT molecular complexity index is 652. The molecule has 0 fully saturated rings. The molecule has 0 aliphatic heterocycles. The Morgan fingerprint density at radius 1 is 1.32 bits per heavy atom. The maximum Gasteiger partial charge on any atom is 0.315 e. The number of carbonyl (C=O) groups is 1. The molecule has 2 amide bonds. The van der Waals surface area contributed by atoms with E-state index in [1.807, 2.05) is 31.2 Å². The minimum atomic E-state index is -0.168. The lowest BCUT2D eigenvalue weighted by atomic mass is 10.1. The van der Waals surface area contributed by atoms with Crippen LogP contribution >= 0.6 is 11.3 Å². The molecule has 1 aromatic carbocycles. The summed E-state index contributed by atoms with van der Waals surface area (Å²) >= 11 is 1.75.